The van der Waals surface area contributed by atoms with Crippen molar-refractivity contribution in [3.63, 3.8) is 0 Å². The molecule has 120 valence electrons. The van der Waals surface area contributed by atoms with Gasteiger partial charge in [0.15, 0.2) is 0 Å². The summed E-state index contributed by atoms with van der Waals surface area (Å²) in [4.78, 5) is 4.82. The minimum atomic E-state index is -0.364. The lowest BCUT2D eigenvalue weighted by molar-refractivity contribution is 0.668. The quantitative estimate of drug-likeness (QED) is 0.525. The van der Waals surface area contributed by atoms with Crippen molar-refractivity contribution in [2.45, 2.75) is 25.7 Å². The summed E-state index contributed by atoms with van der Waals surface area (Å²) in [6, 6.07) is 0. The highest BCUT2D eigenvalue weighted by Crippen LogP contribution is 2.30. The Morgan fingerprint density at radius 2 is 2.09 bits per heavy atom. The normalized spacial score (nSPS) is 22.5. The molecule has 0 unspecified atom stereocenters. The van der Waals surface area contributed by atoms with Gasteiger partial charge in [-0.05, 0) is 54.9 Å². The zero-order valence-electron chi connectivity index (χ0n) is 13.6. The number of nitrogens with zero attached hydrogens (tertiary/aromatic N) is 1. The van der Waals surface area contributed by atoms with Gasteiger partial charge in [0.2, 0.25) is 0 Å². The van der Waals surface area contributed by atoms with E-state index >= 15 is 0 Å². The van der Waals surface area contributed by atoms with E-state index in [1.807, 2.05) is 6.08 Å². The third-order valence-electron chi connectivity index (χ3n) is 3.98. The van der Waals surface area contributed by atoms with Gasteiger partial charge in [-0.3, -0.25) is 4.99 Å². The van der Waals surface area contributed by atoms with E-state index in [1.165, 1.54) is 25.0 Å². The number of hydrogen-bond acceptors (Lipinski definition) is 1. The maximum Gasteiger partial charge on any atom is 0.122 e. The van der Waals surface area contributed by atoms with Crippen molar-refractivity contribution in [2.75, 3.05) is 6.54 Å². The van der Waals surface area contributed by atoms with Gasteiger partial charge in [0.05, 0.1) is 0 Å². The van der Waals surface area contributed by atoms with Crippen LogP contribution in [-0.4, -0.2) is 12.3 Å². The van der Waals surface area contributed by atoms with Gasteiger partial charge in [-0.2, -0.15) is 0 Å². The molecule has 23 heavy (non-hydrogen) atoms. The second-order valence-corrected chi connectivity index (χ2v) is 5.84. The molecule has 0 amide bonds. The maximum absolute atomic E-state index is 13.2. The second kappa shape index (κ2) is 8.42. The van der Waals surface area contributed by atoms with Crippen LogP contribution in [0.1, 0.15) is 25.7 Å². The van der Waals surface area contributed by atoms with Crippen LogP contribution in [0, 0.1) is 5.92 Å². The van der Waals surface area contributed by atoms with Crippen molar-refractivity contribution in [1.29, 1.82) is 0 Å². The van der Waals surface area contributed by atoms with Crippen LogP contribution in [0.5, 0.6) is 0 Å². The van der Waals surface area contributed by atoms with E-state index in [1.54, 1.807) is 12.2 Å². The molecule has 2 aliphatic carbocycles. The predicted molar refractivity (Wildman–Crippen MR) is 98.3 cm³/mol. The Bertz CT molecular complexity index is 637. The summed E-state index contributed by atoms with van der Waals surface area (Å²) in [6.07, 6.45) is 16.6. The number of rotatable bonds is 7. The third kappa shape index (κ3) is 5.17. The fourth-order valence-corrected chi connectivity index (χ4v) is 2.39. The standard InChI is InChI=1S/C21H24FN/c1-4-16(3)19(11-8-9-18(22)5-2)20-10-6-7-12-21(20)23-15-17-13-14-17/h4-6,8-11,17H,1-3,7,12-15H2/b11-8+,18-9+,20-19-,23-21-. The van der Waals surface area contributed by atoms with Crippen LogP contribution in [0.4, 0.5) is 4.39 Å². The molecule has 0 aliphatic heterocycles. The van der Waals surface area contributed by atoms with Gasteiger partial charge in [-0.25, -0.2) is 4.39 Å². The number of hydrogen-bond donors (Lipinski definition) is 0. The summed E-state index contributed by atoms with van der Waals surface area (Å²) in [5, 5.41) is 0. The summed E-state index contributed by atoms with van der Waals surface area (Å²) < 4.78 is 13.2. The smallest absolute Gasteiger partial charge is 0.122 e. The first kappa shape index (κ1) is 17.1. The van der Waals surface area contributed by atoms with Gasteiger partial charge < -0.3 is 0 Å². The van der Waals surface area contributed by atoms with Crippen LogP contribution >= 0.6 is 0 Å². The molecule has 1 saturated carbocycles. The maximum atomic E-state index is 13.2. The van der Waals surface area contributed by atoms with Crippen molar-refractivity contribution in [2.24, 2.45) is 10.9 Å². The van der Waals surface area contributed by atoms with Crippen molar-refractivity contribution >= 4 is 5.71 Å². The molecule has 0 spiro atoms. The molecule has 2 heteroatoms. The summed E-state index contributed by atoms with van der Waals surface area (Å²) in [5.41, 5.74) is 3.95. The SMILES string of the molecule is C=CC(=C)C(/C=C/C=C(/F)C=C)=C1/C=CCC/C1=N/CC1CC1. The molecule has 0 bridgehead atoms. The molecular weight excluding hydrogens is 285 g/mol. The van der Waals surface area contributed by atoms with Crippen molar-refractivity contribution in [3.05, 3.63) is 84.8 Å². The minimum Gasteiger partial charge on any atom is -0.289 e. The Kier molecular flexibility index (Phi) is 6.28. The summed E-state index contributed by atoms with van der Waals surface area (Å²) in [6.45, 7) is 12.2. The number of allylic oxidation sites excluding steroid dienone is 11. The monoisotopic (exact) mass is 309 g/mol. The van der Waals surface area contributed by atoms with Crippen LogP contribution in [0.3, 0.4) is 0 Å². The van der Waals surface area contributed by atoms with E-state index in [0.717, 1.165) is 47.7 Å². The summed E-state index contributed by atoms with van der Waals surface area (Å²) in [5.74, 6) is 0.400. The van der Waals surface area contributed by atoms with E-state index in [9.17, 15) is 4.39 Å². The molecule has 0 aromatic carbocycles. The molecular formula is C21H24FN. The van der Waals surface area contributed by atoms with Crippen LogP contribution in [0.2, 0.25) is 0 Å². The van der Waals surface area contributed by atoms with Gasteiger partial charge in [-0.15, -0.1) is 0 Å². The largest absolute Gasteiger partial charge is 0.289 e. The molecule has 2 aliphatic rings. The first-order valence-corrected chi connectivity index (χ1v) is 8.08. The molecule has 0 atom stereocenters. The number of halogens is 1. The van der Waals surface area contributed by atoms with Crippen LogP contribution in [0.25, 0.3) is 0 Å². The summed E-state index contributed by atoms with van der Waals surface area (Å²) in [7, 11) is 0. The van der Waals surface area contributed by atoms with Gasteiger partial charge in [0.25, 0.3) is 0 Å². The minimum absolute atomic E-state index is 0.364. The van der Waals surface area contributed by atoms with Crippen LogP contribution < -0.4 is 0 Å². The van der Waals surface area contributed by atoms with Gasteiger partial charge in [0, 0.05) is 17.8 Å². The van der Waals surface area contributed by atoms with Crippen LogP contribution in [-0.2, 0) is 0 Å². The molecule has 0 aromatic rings. The van der Waals surface area contributed by atoms with Crippen molar-refractivity contribution in [1.82, 2.24) is 0 Å². The van der Waals surface area contributed by atoms with E-state index in [0.29, 0.717) is 0 Å². The second-order valence-electron chi connectivity index (χ2n) is 5.84. The highest BCUT2D eigenvalue weighted by molar-refractivity contribution is 6.05. The molecule has 0 heterocycles. The lowest BCUT2D eigenvalue weighted by Crippen LogP contribution is -2.09. The third-order valence-corrected chi connectivity index (χ3v) is 3.98. The predicted octanol–water partition coefficient (Wildman–Crippen LogP) is 5.82. The molecule has 0 aromatic heterocycles. The van der Waals surface area contributed by atoms with Crippen molar-refractivity contribution < 1.29 is 4.39 Å². The lowest BCUT2D eigenvalue weighted by Gasteiger charge is -2.16. The van der Waals surface area contributed by atoms with E-state index in [2.05, 4.69) is 31.9 Å². The highest BCUT2D eigenvalue weighted by atomic mass is 19.1. The zero-order valence-corrected chi connectivity index (χ0v) is 13.6. The number of aliphatic imine (C=N–C) groups is 1. The van der Waals surface area contributed by atoms with E-state index in [-0.39, 0.29) is 5.83 Å². The van der Waals surface area contributed by atoms with E-state index in [4.69, 9.17) is 4.99 Å². The van der Waals surface area contributed by atoms with Gasteiger partial charge in [-0.1, -0.05) is 50.1 Å². The average Bonchev–Trinajstić information content (AvgIpc) is 3.41. The van der Waals surface area contributed by atoms with Gasteiger partial charge in [0.1, 0.15) is 5.83 Å². The Labute approximate surface area is 138 Å². The van der Waals surface area contributed by atoms with E-state index < -0.39 is 0 Å². The Balaban J connectivity index is 2.36. The molecule has 1 fully saturated rings. The lowest BCUT2D eigenvalue weighted by atomic mass is 9.91. The summed E-state index contributed by atoms with van der Waals surface area (Å²) >= 11 is 0. The Hall–Kier alpha value is -2.22. The zero-order chi connectivity index (χ0) is 16.7. The molecule has 0 saturated heterocycles. The van der Waals surface area contributed by atoms with Crippen LogP contribution in [0.15, 0.2) is 89.8 Å². The molecule has 0 radical (unpaired) electrons. The fraction of sp³-hybridized carbons (Fsp3) is 0.286. The Morgan fingerprint density at radius 1 is 1.30 bits per heavy atom. The van der Waals surface area contributed by atoms with Gasteiger partial charge >= 0.3 is 0 Å². The molecule has 2 rings (SSSR count). The highest BCUT2D eigenvalue weighted by Gasteiger charge is 2.21. The molecule has 0 N–H and O–H groups in total. The Morgan fingerprint density at radius 3 is 2.74 bits per heavy atom. The first-order valence-electron chi connectivity index (χ1n) is 8.08. The average molecular weight is 309 g/mol. The first-order chi connectivity index (χ1) is 11.2. The molecule has 1 nitrogen and oxygen atoms in total. The van der Waals surface area contributed by atoms with Crippen molar-refractivity contribution in [3.8, 4) is 0 Å². The topological polar surface area (TPSA) is 12.4 Å². The fourth-order valence-electron chi connectivity index (χ4n) is 2.39.